The molecular formula is C12H16N4O2S2. The van der Waals surface area contributed by atoms with Gasteiger partial charge in [-0.05, 0) is 31.5 Å². The van der Waals surface area contributed by atoms with Crippen molar-refractivity contribution in [3.05, 3.63) is 34.3 Å². The average molecular weight is 312 g/mol. The first-order valence-electron chi connectivity index (χ1n) is 5.88. The zero-order valence-electron chi connectivity index (χ0n) is 11.1. The first-order valence-corrected chi connectivity index (χ1v) is 8.30. The molecule has 8 heteroatoms. The van der Waals surface area contributed by atoms with E-state index < -0.39 is 10.0 Å². The van der Waals surface area contributed by atoms with Crippen molar-refractivity contribution >= 4 is 32.7 Å². The zero-order chi connectivity index (χ0) is 14.9. The number of anilines is 2. The quantitative estimate of drug-likeness (QED) is 0.746. The second kappa shape index (κ2) is 5.39. The molecule has 1 aromatic heterocycles. The van der Waals surface area contributed by atoms with Crippen molar-refractivity contribution in [1.29, 1.82) is 0 Å². The molecule has 0 aliphatic carbocycles. The summed E-state index contributed by atoms with van der Waals surface area (Å²) in [6.45, 7) is 3.63. The minimum atomic E-state index is -3.80. The Labute approximate surface area is 121 Å². The van der Waals surface area contributed by atoms with E-state index >= 15 is 0 Å². The maximum absolute atomic E-state index is 11.6. The normalized spacial score (nSPS) is 13.2. The predicted molar refractivity (Wildman–Crippen MR) is 81.1 cm³/mol. The summed E-state index contributed by atoms with van der Waals surface area (Å²) >= 11 is 1.52. The van der Waals surface area contributed by atoms with Crippen molar-refractivity contribution in [2.75, 3.05) is 11.1 Å². The van der Waals surface area contributed by atoms with Crippen LogP contribution in [0.4, 0.5) is 11.4 Å². The highest BCUT2D eigenvalue weighted by molar-refractivity contribution is 7.89. The summed E-state index contributed by atoms with van der Waals surface area (Å²) in [5.41, 5.74) is 7.27. The molecule has 1 unspecified atom stereocenters. The molecule has 2 rings (SSSR count). The Bertz CT molecular complexity index is 711. The SMILES string of the molecule is Cc1c(NC(C)c2nccs2)cc(N)cc1S(N)(=O)=O. The topological polar surface area (TPSA) is 111 Å². The molecule has 0 fully saturated rings. The van der Waals surface area contributed by atoms with Crippen LogP contribution >= 0.6 is 11.3 Å². The minimum Gasteiger partial charge on any atom is -0.399 e. The number of hydrogen-bond acceptors (Lipinski definition) is 6. The second-order valence-electron chi connectivity index (χ2n) is 4.47. The smallest absolute Gasteiger partial charge is 0.238 e. The number of aromatic nitrogens is 1. The van der Waals surface area contributed by atoms with Crippen molar-refractivity contribution in [3.8, 4) is 0 Å². The molecule has 0 saturated heterocycles. The van der Waals surface area contributed by atoms with E-state index in [1.807, 2.05) is 12.3 Å². The van der Waals surface area contributed by atoms with E-state index in [1.54, 1.807) is 19.2 Å². The van der Waals surface area contributed by atoms with Crippen molar-refractivity contribution in [2.24, 2.45) is 5.14 Å². The van der Waals surface area contributed by atoms with Crippen LogP contribution in [0.5, 0.6) is 0 Å². The number of nitrogen functional groups attached to an aromatic ring is 1. The van der Waals surface area contributed by atoms with Gasteiger partial charge in [0.05, 0.1) is 10.9 Å². The van der Waals surface area contributed by atoms with Crippen LogP contribution in [0.15, 0.2) is 28.6 Å². The highest BCUT2D eigenvalue weighted by atomic mass is 32.2. The first kappa shape index (κ1) is 14.8. The average Bonchev–Trinajstić information content (AvgIpc) is 2.85. The van der Waals surface area contributed by atoms with Crippen molar-refractivity contribution in [3.63, 3.8) is 0 Å². The molecule has 20 heavy (non-hydrogen) atoms. The summed E-state index contributed by atoms with van der Waals surface area (Å²) in [5, 5.41) is 11.2. The Morgan fingerprint density at radius 2 is 2.10 bits per heavy atom. The van der Waals surface area contributed by atoms with Gasteiger partial charge in [0, 0.05) is 23.0 Å². The van der Waals surface area contributed by atoms with Gasteiger partial charge >= 0.3 is 0 Å². The Morgan fingerprint density at radius 3 is 2.65 bits per heavy atom. The Hall–Kier alpha value is -1.64. The number of benzene rings is 1. The summed E-state index contributed by atoms with van der Waals surface area (Å²) in [4.78, 5) is 4.25. The molecule has 2 aromatic rings. The number of thiazole rings is 1. The van der Waals surface area contributed by atoms with E-state index in [1.165, 1.54) is 17.4 Å². The minimum absolute atomic E-state index is 0.0336. The Kier molecular flexibility index (Phi) is 3.98. The van der Waals surface area contributed by atoms with Gasteiger partial charge in [-0.2, -0.15) is 0 Å². The van der Waals surface area contributed by atoms with Crippen LogP contribution in [0.2, 0.25) is 0 Å². The van der Waals surface area contributed by atoms with E-state index in [4.69, 9.17) is 10.9 Å². The third-order valence-corrected chi connectivity index (χ3v) is 4.88. The second-order valence-corrected chi connectivity index (χ2v) is 6.93. The van der Waals surface area contributed by atoms with Crippen molar-refractivity contribution in [1.82, 2.24) is 4.98 Å². The highest BCUT2D eigenvalue weighted by Gasteiger charge is 2.17. The number of sulfonamides is 1. The van der Waals surface area contributed by atoms with Crippen LogP contribution in [0.3, 0.4) is 0 Å². The third kappa shape index (κ3) is 3.09. The number of primary sulfonamides is 1. The zero-order valence-corrected chi connectivity index (χ0v) is 12.8. The fraction of sp³-hybridized carbons (Fsp3) is 0.250. The molecule has 0 aliphatic rings. The molecule has 0 aliphatic heterocycles. The van der Waals surface area contributed by atoms with Gasteiger partial charge in [-0.15, -0.1) is 11.3 Å². The summed E-state index contributed by atoms with van der Waals surface area (Å²) in [6.07, 6.45) is 1.72. The molecule has 108 valence electrons. The van der Waals surface area contributed by atoms with Gasteiger partial charge in [-0.25, -0.2) is 18.5 Å². The summed E-state index contributed by atoms with van der Waals surface area (Å²) in [5.74, 6) is 0. The molecule has 1 atom stereocenters. The number of nitrogens with two attached hydrogens (primary N) is 2. The van der Waals surface area contributed by atoms with Crippen LogP contribution in [0, 0.1) is 6.92 Å². The van der Waals surface area contributed by atoms with Gasteiger partial charge < -0.3 is 11.1 Å². The summed E-state index contributed by atoms with van der Waals surface area (Å²) in [6, 6.07) is 3.00. The van der Waals surface area contributed by atoms with Crippen LogP contribution < -0.4 is 16.2 Å². The van der Waals surface area contributed by atoms with Gasteiger partial charge in [-0.3, -0.25) is 0 Å². The van der Waals surface area contributed by atoms with E-state index in [9.17, 15) is 8.42 Å². The lowest BCUT2D eigenvalue weighted by Gasteiger charge is -2.17. The predicted octanol–water partition coefficient (Wildman–Crippen LogP) is 1.85. The number of hydrogen-bond donors (Lipinski definition) is 3. The molecule has 0 saturated carbocycles. The van der Waals surface area contributed by atoms with Gasteiger partial charge in [0.2, 0.25) is 10.0 Å². The number of rotatable bonds is 4. The molecular weight excluding hydrogens is 296 g/mol. The summed E-state index contributed by atoms with van der Waals surface area (Å²) < 4.78 is 23.1. The summed E-state index contributed by atoms with van der Waals surface area (Å²) in [7, 11) is -3.80. The molecule has 0 bridgehead atoms. The van der Waals surface area contributed by atoms with E-state index in [0.29, 0.717) is 16.9 Å². The maximum atomic E-state index is 11.6. The maximum Gasteiger partial charge on any atom is 0.238 e. The number of nitrogens with zero attached hydrogens (tertiary/aromatic N) is 1. The molecule has 0 radical (unpaired) electrons. The largest absolute Gasteiger partial charge is 0.399 e. The van der Waals surface area contributed by atoms with Crippen molar-refractivity contribution < 1.29 is 8.42 Å². The standard InChI is InChI=1S/C12H16N4O2S2/c1-7-10(16-8(2)12-15-3-4-19-12)5-9(13)6-11(7)20(14,17)18/h3-6,8,16H,13H2,1-2H3,(H2,14,17,18). The molecule has 1 heterocycles. The molecule has 6 nitrogen and oxygen atoms in total. The van der Waals surface area contributed by atoms with E-state index in [2.05, 4.69) is 10.3 Å². The van der Waals surface area contributed by atoms with Crippen molar-refractivity contribution in [2.45, 2.75) is 24.8 Å². The number of nitrogens with one attached hydrogen (secondary N) is 1. The molecule has 5 N–H and O–H groups in total. The monoisotopic (exact) mass is 312 g/mol. The van der Waals surface area contributed by atoms with Gasteiger partial charge in [0.1, 0.15) is 5.01 Å². The molecule has 0 spiro atoms. The van der Waals surface area contributed by atoms with Gasteiger partial charge in [0.25, 0.3) is 0 Å². The Balaban J connectivity index is 2.40. The van der Waals surface area contributed by atoms with Crippen LogP contribution in [0.1, 0.15) is 23.5 Å². The molecule has 1 aromatic carbocycles. The lowest BCUT2D eigenvalue weighted by molar-refractivity contribution is 0.597. The highest BCUT2D eigenvalue weighted by Crippen LogP contribution is 2.29. The van der Waals surface area contributed by atoms with Crippen LogP contribution in [0.25, 0.3) is 0 Å². The molecule has 0 amide bonds. The lowest BCUT2D eigenvalue weighted by Crippen LogP contribution is -2.16. The Morgan fingerprint density at radius 1 is 1.40 bits per heavy atom. The van der Waals surface area contributed by atoms with Gasteiger partial charge in [0.15, 0.2) is 0 Å². The van der Waals surface area contributed by atoms with Crippen LogP contribution in [-0.4, -0.2) is 13.4 Å². The van der Waals surface area contributed by atoms with E-state index in [0.717, 1.165) is 5.01 Å². The fourth-order valence-corrected chi connectivity index (χ4v) is 3.38. The fourth-order valence-electron chi connectivity index (χ4n) is 1.90. The first-order chi connectivity index (χ1) is 9.29. The lowest BCUT2D eigenvalue weighted by atomic mass is 10.1. The van der Waals surface area contributed by atoms with Crippen LogP contribution in [-0.2, 0) is 10.0 Å². The third-order valence-electron chi connectivity index (χ3n) is 2.88. The van der Waals surface area contributed by atoms with E-state index in [-0.39, 0.29) is 10.9 Å². The van der Waals surface area contributed by atoms with Gasteiger partial charge in [-0.1, -0.05) is 0 Å².